The molecule has 2 saturated heterocycles. The first kappa shape index (κ1) is 23.5. The zero-order valence-electron chi connectivity index (χ0n) is 18.0. The summed E-state index contributed by atoms with van der Waals surface area (Å²) >= 11 is 10.7. The van der Waals surface area contributed by atoms with Crippen LogP contribution >= 0.6 is 24.4 Å². The first-order valence-corrected chi connectivity index (χ1v) is 11.6. The quantitative estimate of drug-likeness (QED) is 0.286. The van der Waals surface area contributed by atoms with Crippen molar-refractivity contribution < 1.29 is 0 Å². The largest absolute Gasteiger partial charge is 0.375 e. The maximum absolute atomic E-state index is 6.08. The van der Waals surface area contributed by atoms with E-state index < -0.39 is 0 Å². The number of rotatable bonds is 6. The van der Waals surface area contributed by atoms with E-state index in [1.54, 1.807) is 10.0 Å². The summed E-state index contributed by atoms with van der Waals surface area (Å²) in [6.07, 6.45) is 4.06. The maximum Gasteiger partial charge on any atom is 0.187 e. The second-order valence-electron chi connectivity index (χ2n) is 7.87. The van der Waals surface area contributed by atoms with E-state index in [1.165, 1.54) is 0 Å². The van der Waals surface area contributed by atoms with Crippen molar-refractivity contribution in [3.05, 3.63) is 35.9 Å². The molecule has 2 atom stereocenters. The molecule has 0 aliphatic carbocycles. The topological polar surface area (TPSA) is 107 Å². The molecule has 2 heterocycles. The Morgan fingerprint density at radius 2 is 1.42 bits per heavy atom. The van der Waals surface area contributed by atoms with E-state index in [9.17, 15) is 0 Å². The Morgan fingerprint density at radius 1 is 0.903 bits per heavy atom. The van der Waals surface area contributed by atoms with Crippen LogP contribution < -0.4 is 22.1 Å². The van der Waals surface area contributed by atoms with Gasteiger partial charge < -0.3 is 22.1 Å². The van der Waals surface area contributed by atoms with Crippen molar-refractivity contribution >= 4 is 46.1 Å². The number of hydrogen-bond acceptors (Lipinski definition) is 6. The Balaban J connectivity index is 1.99. The lowest BCUT2D eigenvalue weighted by molar-refractivity contribution is 0.265. The standard InChI is InChI=1S/C21H32N8S2/c1-15(26-28(20(22)30)17-9-5-11-24-13-17)19(16-7-3-2-4-8-16)27-29(21(23)31)18-10-6-12-25-14-18/h2-4,7-8,17-18,24-25H,5-6,9-14H2,1H3,(H2,22,30)(H2,23,31). The molecule has 1 aromatic rings. The highest BCUT2D eigenvalue weighted by Crippen LogP contribution is 2.15. The van der Waals surface area contributed by atoms with Gasteiger partial charge in [-0.3, -0.25) is 0 Å². The molecule has 2 aliphatic rings. The summed E-state index contributed by atoms with van der Waals surface area (Å²) in [6, 6.07) is 10.1. The number of nitrogens with two attached hydrogens (primary N) is 2. The van der Waals surface area contributed by atoms with Crippen molar-refractivity contribution in [3.63, 3.8) is 0 Å². The lowest BCUT2D eigenvalue weighted by Crippen LogP contribution is -2.49. The van der Waals surface area contributed by atoms with E-state index in [2.05, 4.69) is 10.6 Å². The molecule has 2 unspecified atom stereocenters. The molecule has 0 saturated carbocycles. The van der Waals surface area contributed by atoms with Gasteiger partial charge in [0.15, 0.2) is 10.2 Å². The zero-order valence-corrected chi connectivity index (χ0v) is 19.6. The molecular weight excluding hydrogens is 428 g/mol. The molecule has 31 heavy (non-hydrogen) atoms. The van der Waals surface area contributed by atoms with E-state index in [0.29, 0.717) is 11.4 Å². The summed E-state index contributed by atoms with van der Waals surface area (Å²) in [7, 11) is 0. The van der Waals surface area contributed by atoms with Gasteiger partial charge in [0.2, 0.25) is 0 Å². The predicted molar refractivity (Wildman–Crippen MR) is 135 cm³/mol. The first-order valence-electron chi connectivity index (χ1n) is 10.8. The fourth-order valence-electron chi connectivity index (χ4n) is 3.96. The molecule has 2 fully saturated rings. The fourth-order valence-corrected chi connectivity index (χ4v) is 4.34. The Labute approximate surface area is 195 Å². The lowest BCUT2D eigenvalue weighted by Gasteiger charge is -2.33. The lowest BCUT2D eigenvalue weighted by atomic mass is 10.1. The predicted octanol–water partition coefficient (Wildman–Crippen LogP) is 1.36. The van der Waals surface area contributed by atoms with Gasteiger partial charge in [0, 0.05) is 18.7 Å². The van der Waals surface area contributed by atoms with Gasteiger partial charge in [-0.1, -0.05) is 30.3 Å². The molecule has 0 aromatic heterocycles. The second kappa shape index (κ2) is 11.5. The molecule has 1 aromatic carbocycles. The van der Waals surface area contributed by atoms with Crippen LogP contribution in [0.2, 0.25) is 0 Å². The van der Waals surface area contributed by atoms with Crippen molar-refractivity contribution in [2.45, 2.75) is 44.7 Å². The molecule has 0 spiro atoms. The maximum atomic E-state index is 6.08. The molecular formula is C21H32N8S2. The highest BCUT2D eigenvalue weighted by molar-refractivity contribution is 7.80. The minimum Gasteiger partial charge on any atom is -0.375 e. The van der Waals surface area contributed by atoms with Crippen molar-refractivity contribution in [2.24, 2.45) is 21.7 Å². The van der Waals surface area contributed by atoms with Crippen molar-refractivity contribution in [1.29, 1.82) is 0 Å². The van der Waals surface area contributed by atoms with E-state index in [4.69, 9.17) is 46.1 Å². The molecule has 6 N–H and O–H groups in total. The summed E-state index contributed by atoms with van der Waals surface area (Å²) in [5, 5.41) is 20.5. The van der Waals surface area contributed by atoms with Crippen LogP contribution in [0.1, 0.15) is 38.2 Å². The highest BCUT2D eigenvalue weighted by Gasteiger charge is 2.25. The van der Waals surface area contributed by atoms with Crippen molar-refractivity contribution in [2.75, 3.05) is 26.2 Å². The summed E-state index contributed by atoms with van der Waals surface area (Å²) in [4.78, 5) is 0. The number of piperidine rings is 2. The number of benzene rings is 1. The van der Waals surface area contributed by atoms with Crippen LogP contribution in [0.25, 0.3) is 0 Å². The van der Waals surface area contributed by atoms with Crippen molar-refractivity contribution in [3.8, 4) is 0 Å². The monoisotopic (exact) mass is 460 g/mol. The van der Waals surface area contributed by atoms with Crippen LogP contribution in [0.4, 0.5) is 0 Å². The smallest absolute Gasteiger partial charge is 0.187 e. The first-order chi connectivity index (χ1) is 15.0. The van der Waals surface area contributed by atoms with Crippen molar-refractivity contribution in [1.82, 2.24) is 20.7 Å². The average molecular weight is 461 g/mol. The van der Waals surface area contributed by atoms with Crippen LogP contribution in [-0.4, -0.2) is 69.9 Å². The van der Waals surface area contributed by atoms with Crippen LogP contribution in [-0.2, 0) is 0 Å². The van der Waals surface area contributed by atoms with E-state index >= 15 is 0 Å². The molecule has 8 nitrogen and oxygen atoms in total. The van der Waals surface area contributed by atoms with Gasteiger partial charge in [-0.05, 0) is 70.1 Å². The zero-order chi connectivity index (χ0) is 22.2. The van der Waals surface area contributed by atoms with Crippen LogP contribution in [0.5, 0.6) is 0 Å². The molecule has 3 rings (SSSR count). The fraction of sp³-hybridized carbons (Fsp3) is 0.524. The van der Waals surface area contributed by atoms with Gasteiger partial charge in [-0.2, -0.15) is 10.2 Å². The Bertz CT molecular complexity index is 814. The minimum absolute atomic E-state index is 0.104. The summed E-state index contributed by atoms with van der Waals surface area (Å²) < 4.78 is 0. The average Bonchev–Trinajstić information content (AvgIpc) is 2.79. The van der Waals surface area contributed by atoms with Gasteiger partial charge >= 0.3 is 0 Å². The Hall–Kier alpha value is -2.14. The van der Waals surface area contributed by atoms with Crippen LogP contribution in [0.3, 0.4) is 0 Å². The minimum atomic E-state index is 0.104. The molecule has 168 valence electrons. The summed E-state index contributed by atoms with van der Waals surface area (Å²) in [6.45, 7) is 5.49. The summed E-state index contributed by atoms with van der Waals surface area (Å²) in [5.41, 5.74) is 14.5. The molecule has 0 bridgehead atoms. The normalized spacial score (nSPS) is 22.6. The molecule has 0 radical (unpaired) electrons. The van der Waals surface area contributed by atoms with E-state index in [-0.39, 0.29) is 22.3 Å². The van der Waals surface area contributed by atoms with Gasteiger partial charge in [0.1, 0.15) is 5.71 Å². The van der Waals surface area contributed by atoms with Gasteiger partial charge in [0.05, 0.1) is 17.8 Å². The third kappa shape index (κ3) is 6.42. The number of nitrogens with one attached hydrogen (secondary N) is 2. The SMILES string of the molecule is CC(=NN(C(N)=S)C1CCCNC1)C(=NN(C(N)=S)C1CCCNC1)c1ccccc1. The van der Waals surface area contributed by atoms with Crippen LogP contribution in [0, 0.1) is 0 Å². The van der Waals surface area contributed by atoms with E-state index in [1.807, 2.05) is 37.3 Å². The van der Waals surface area contributed by atoms with E-state index in [0.717, 1.165) is 57.4 Å². The second-order valence-corrected chi connectivity index (χ2v) is 8.70. The highest BCUT2D eigenvalue weighted by atomic mass is 32.1. The number of hydrogen-bond donors (Lipinski definition) is 4. The third-order valence-electron chi connectivity index (χ3n) is 5.54. The number of thiocarbonyl (C=S) groups is 2. The number of hydrazone groups is 2. The Morgan fingerprint density at radius 3 is 1.87 bits per heavy atom. The molecule has 10 heteroatoms. The van der Waals surface area contributed by atoms with Gasteiger partial charge in [0.25, 0.3) is 0 Å². The Kier molecular flexibility index (Phi) is 8.70. The molecule has 0 amide bonds. The third-order valence-corrected chi connectivity index (χ3v) is 5.91. The number of nitrogens with zero attached hydrogens (tertiary/aromatic N) is 4. The summed E-state index contributed by atoms with van der Waals surface area (Å²) in [5.74, 6) is 0. The van der Waals surface area contributed by atoms with Gasteiger partial charge in [-0.15, -0.1) is 0 Å². The molecule has 2 aliphatic heterocycles. The van der Waals surface area contributed by atoms with Crippen LogP contribution in [0.15, 0.2) is 40.5 Å². The van der Waals surface area contributed by atoms with Gasteiger partial charge in [-0.25, -0.2) is 10.0 Å².